The van der Waals surface area contributed by atoms with Crippen molar-refractivity contribution < 1.29 is 9.90 Å². The number of hydrogen-bond acceptors (Lipinski definition) is 4. The highest BCUT2D eigenvalue weighted by atomic mass is 16.3. The maximum Gasteiger partial charge on any atom is 0.241 e. The van der Waals surface area contributed by atoms with Gasteiger partial charge in [0.05, 0.1) is 12.6 Å². The molecule has 0 radical (unpaired) electrons. The Kier molecular flexibility index (Phi) is 7.19. The van der Waals surface area contributed by atoms with Crippen LogP contribution in [0.15, 0.2) is 18.2 Å². The van der Waals surface area contributed by atoms with Crippen LogP contribution in [0, 0.1) is 6.92 Å². The van der Waals surface area contributed by atoms with E-state index in [0.717, 1.165) is 30.6 Å². The highest BCUT2D eigenvalue weighted by Gasteiger charge is 2.21. The van der Waals surface area contributed by atoms with Crippen LogP contribution >= 0.6 is 0 Å². The van der Waals surface area contributed by atoms with Crippen LogP contribution in [0.4, 0.5) is 11.4 Å². The molecule has 0 aliphatic carbocycles. The SMILES string of the molecule is CCCCN(CCO)C(C)C(=O)Nc1cccc(N)c1C. The third-order valence-corrected chi connectivity index (χ3v) is 3.75. The maximum absolute atomic E-state index is 12.4. The zero-order chi connectivity index (χ0) is 15.8. The Bertz CT molecular complexity index is 463. The topological polar surface area (TPSA) is 78.6 Å². The number of anilines is 2. The number of carbonyl (C=O) groups excluding carboxylic acids is 1. The molecule has 1 amide bonds. The molecule has 118 valence electrons. The average molecular weight is 293 g/mol. The predicted molar refractivity (Wildman–Crippen MR) is 87.2 cm³/mol. The average Bonchev–Trinajstić information content (AvgIpc) is 2.47. The minimum Gasteiger partial charge on any atom is -0.398 e. The molecule has 0 aliphatic rings. The van der Waals surface area contributed by atoms with Gasteiger partial charge in [-0.25, -0.2) is 0 Å². The van der Waals surface area contributed by atoms with Gasteiger partial charge in [0.15, 0.2) is 0 Å². The van der Waals surface area contributed by atoms with Crippen molar-refractivity contribution in [1.82, 2.24) is 4.90 Å². The van der Waals surface area contributed by atoms with Crippen molar-refractivity contribution in [2.24, 2.45) is 0 Å². The number of rotatable bonds is 8. The van der Waals surface area contributed by atoms with Crippen molar-refractivity contribution in [3.63, 3.8) is 0 Å². The van der Waals surface area contributed by atoms with Gasteiger partial charge in [-0.3, -0.25) is 9.69 Å². The van der Waals surface area contributed by atoms with Gasteiger partial charge >= 0.3 is 0 Å². The normalized spacial score (nSPS) is 12.4. The van der Waals surface area contributed by atoms with Crippen LogP contribution in [-0.2, 0) is 4.79 Å². The van der Waals surface area contributed by atoms with E-state index in [9.17, 15) is 4.79 Å². The molecule has 0 fully saturated rings. The monoisotopic (exact) mass is 293 g/mol. The second-order valence-electron chi connectivity index (χ2n) is 5.30. The van der Waals surface area contributed by atoms with Gasteiger partial charge in [-0.1, -0.05) is 19.4 Å². The molecule has 1 unspecified atom stereocenters. The largest absolute Gasteiger partial charge is 0.398 e. The molecule has 0 heterocycles. The molecule has 1 atom stereocenters. The summed E-state index contributed by atoms with van der Waals surface area (Å²) in [7, 11) is 0. The molecule has 1 aromatic rings. The molecule has 0 saturated heterocycles. The Morgan fingerprint density at radius 1 is 1.43 bits per heavy atom. The fourth-order valence-corrected chi connectivity index (χ4v) is 2.18. The fourth-order valence-electron chi connectivity index (χ4n) is 2.18. The van der Waals surface area contributed by atoms with Gasteiger partial charge in [-0.2, -0.15) is 0 Å². The summed E-state index contributed by atoms with van der Waals surface area (Å²) < 4.78 is 0. The lowest BCUT2D eigenvalue weighted by Gasteiger charge is -2.27. The first kappa shape index (κ1) is 17.5. The number of hydrogen-bond donors (Lipinski definition) is 3. The summed E-state index contributed by atoms with van der Waals surface area (Å²) in [6.07, 6.45) is 2.07. The Hall–Kier alpha value is -1.59. The number of nitrogens with zero attached hydrogens (tertiary/aromatic N) is 1. The molecule has 0 bridgehead atoms. The van der Waals surface area contributed by atoms with Crippen molar-refractivity contribution in [2.75, 3.05) is 30.7 Å². The molecule has 0 spiro atoms. The summed E-state index contributed by atoms with van der Waals surface area (Å²) in [5, 5.41) is 12.1. The second-order valence-corrected chi connectivity index (χ2v) is 5.30. The van der Waals surface area contributed by atoms with E-state index in [1.165, 1.54) is 0 Å². The number of carbonyl (C=O) groups is 1. The minimum absolute atomic E-state index is 0.0542. The van der Waals surface area contributed by atoms with Gasteiger partial charge in [-0.15, -0.1) is 0 Å². The molecule has 0 aromatic heterocycles. The van der Waals surface area contributed by atoms with E-state index >= 15 is 0 Å². The molecule has 5 nitrogen and oxygen atoms in total. The molecule has 1 rings (SSSR count). The number of aliphatic hydroxyl groups is 1. The molecular formula is C16H27N3O2. The van der Waals surface area contributed by atoms with Gasteiger partial charge in [0.25, 0.3) is 0 Å². The van der Waals surface area contributed by atoms with Gasteiger partial charge in [0.1, 0.15) is 0 Å². The van der Waals surface area contributed by atoms with Gasteiger partial charge in [-0.05, 0) is 44.5 Å². The highest BCUT2D eigenvalue weighted by Crippen LogP contribution is 2.21. The maximum atomic E-state index is 12.4. The molecule has 5 heteroatoms. The lowest BCUT2D eigenvalue weighted by atomic mass is 10.1. The van der Waals surface area contributed by atoms with E-state index in [1.54, 1.807) is 0 Å². The first-order valence-corrected chi connectivity index (χ1v) is 7.52. The van der Waals surface area contributed by atoms with Crippen LogP contribution < -0.4 is 11.1 Å². The fraction of sp³-hybridized carbons (Fsp3) is 0.562. The van der Waals surface area contributed by atoms with Gasteiger partial charge in [0.2, 0.25) is 5.91 Å². The summed E-state index contributed by atoms with van der Waals surface area (Å²) in [6, 6.07) is 5.20. The number of nitrogens with one attached hydrogen (secondary N) is 1. The number of aliphatic hydroxyl groups excluding tert-OH is 1. The van der Waals surface area contributed by atoms with E-state index < -0.39 is 0 Å². The number of unbranched alkanes of at least 4 members (excludes halogenated alkanes) is 1. The summed E-state index contributed by atoms with van der Waals surface area (Å²) in [4.78, 5) is 14.4. The third-order valence-electron chi connectivity index (χ3n) is 3.75. The predicted octanol–water partition coefficient (Wildman–Crippen LogP) is 2.00. The van der Waals surface area contributed by atoms with Crippen molar-refractivity contribution in [1.29, 1.82) is 0 Å². The van der Waals surface area contributed by atoms with Crippen LogP contribution in [0.25, 0.3) is 0 Å². The molecule has 1 aromatic carbocycles. The zero-order valence-electron chi connectivity index (χ0n) is 13.2. The Labute approximate surface area is 127 Å². The van der Waals surface area contributed by atoms with Gasteiger partial charge in [0, 0.05) is 17.9 Å². The molecule has 21 heavy (non-hydrogen) atoms. The number of nitrogen functional groups attached to an aromatic ring is 1. The quantitative estimate of drug-likeness (QED) is 0.641. The number of amides is 1. The van der Waals surface area contributed by atoms with Crippen molar-refractivity contribution >= 4 is 17.3 Å². The summed E-state index contributed by atoms with van der Waals surface area (Å²) in [5.74, 6) is -0.0757. The Balaban J connectivity index is 2.73. The zero-order valence-corrected chi connectivity index (χ0v) is 13.2. The Morgan fingerprint density at radius 3 is 2.76 bits per heavy atom. The standard InChI is InChI=1S/C16H27N3O2/c1-4-5-9-19(10-11-20)13(3)16(21)18-15-8-6-7-14(17)12(15)2/h6-8,13,20H,4-5,9-11,17H2,1-3H3,(H,18,21). The van der Waals surface area contributed by atoms with Crippen LogP contribution in [0.1, 0.15) is 32.3 Å². The van der Waals surface area contributed by atoms with Crippen LogP contribution in [0.5, 0.6) is 0 Å². The van der Waals surface area contributed by atoms with Crippen molar-refractivity contribution in [3.05, 3.63) is 23.8 Å². The smallest absolute Gasteiger partial charge is 0.241 e. The highest BCUT2D eigenvalue weighted by molar-refractivity contribution is 5.95. The first-order chi connectivity index (χ1) is 10.0. The molecule has 0 aliphatic heterocycles. The third kappa shape index (κ3) is 5.02. The number of benzene rings is 1. The van der Waals surface area contributed by atoms with Crippen LogP contribution in [0.2, 0.25) is 0 Å². The number of nitrogens with two attached hydrogens (primary N) is 1. The lowest BCUT2D eigenvalue weighted by Crippen LogP contribution is -2.44. The second kappa shape index (κ2) is 8.64. The van der Waals surface area contributed by atoms with Crippen LogP contribution in [0.3, 0.4) is 0 Å². The summed E-state index contributed by atoms with van der Waals surface area (Å²) in [6.45, 7) is 7.23. The first-order valence-electron chi connectivity index (χ1n) is 7.52. The van der Waals surface area contributed by atoms with E-state index in [1.807, 2.05) is 36.9 Å². The lowest BCUT2D eigenvalue weighted by molar-refractivity contribution is -0.120. The minimum atomic E-state index is -0.287. The van der Waals surface area contributed by atoms with Gasteiger partial charge < -0.3 is 16.2 Å². The van der Waals surface area contributed by atoms with E-state index in [4.69, 9.17) is 10.8 Å². The Morgan fingerprint density at radius 2 is 2.14 bits per heavy atom. The summed E-state index contributed by atoms with van der Waals surface area (Å²) in [5.41, 5.74) is 8.13. The molecule has 0 saturated carbocycles. The van der Waals surface area contributed by atoms with E-state index in [0.29, 0.717) is 12.2 Å². The van der Waals surface area contributed by atoms with E-state index in [-0.39, 0.29) is 18.6 Å². The molecular weight excluding hydrogens is 266 g/mol. The van der Waals surface area contributed by atoms with Crippen molar-refractivity contribution in [2.45, 2.75) is 39.7 Å². The van der Waals surface area contributed by atoms with Crippen LogP contribution in [-0.4, -0.2) is 41.7 Å². The van der Waals surface area contributed by atoms with Crippen molar-refractivity contribution in [3.8, 4) is 0 Å². The summed E-state index contributed by atoms with van der Waals surface area (Å²) >= 11 is 0. The van der Waals surface area contributed by atoms with E-state index in [2.05, 4.69) is 12.2 Å². The molecule has 4 N–H and O–H groups in total.